The van der Waals surface area contributed by atoms with Crippen molar-refractivity contribution in [2.45, 2.75) is 44.6 Å². The highest BCUT2D eigenvalue weighted by Crippen LogP contribution is 2.22. The van der Waals surface area contributed by atoms with Crippen molar-refractivity contribution in [2.75, 3.05) is 13.2 Å². The summed E-state index contributed by atoms with van der Waals surface area (Å²) in [4.78, 5) is 5.65. The first-order chi connectivity index (χ1) is 12.3. The van der Waals surface area contributed by atoms with Crippen molar-refractivity contribution in [3.05, 3.63) is 40.3 Å². The van der Waals surface area contributed by atoms with Crippen molar-refractivity contribution in [1.29, 1.82) is 0 Å². The molecule has 1 aromatic heterocycles. The molecule has 1 saturated carbocycles. The molecule has 4 rings (SSSR count). The molecule has 0 unspecified atom stereocenters. The molecule has 132 valence electrons. The van der Waals surface area contributed by atoms with Crippen LogP contribution in [-0.2, 0) is 4.74 Å². The molecule has 0 N–H and O–H groups in total. The predicted molar refractivity (Wildman–Crippen MR) is 98.4 cm³/mol. The van der Waals surface area contributed by atoms with E-state index in [1.165, 1.54) is 30.7 Å². The van der Waals surface area contributed by atoms with Crippen LogP contribution in [0.25, 0.3) is 11.3 Å². The molecule has 0 bridgehead atoms. The lowest BCUT2D eigenvalue weighted by Gasteiger charge is -2.07. The normalized spacial score (nSPS) is 21.2. The average molecular weight is 359 g/mol. The Kier molecular flexibility index (Phi) is 5.08. The van der Waals surface area contributed by atoms with Crippen molar-refractivity contribution >= 4 is 17.0 Å². The van der Waals surface area contributed by atoms with Crippen molar-refractivity contribution in [3.63, 3.8) is 0 Å². The fourth-order valence-corrected chi connectivity index (χ4v) is 4.16. The monoisotopic (exact) mass is 359 g/mol. The number of rotatable bonds is 4. The van der Waals surface area contributed by atoms with Gasteiger partial charge < -0.3 is 4.74 Å². The first kappa shape index (κ1) is 16.7. The maximum absolute atomic E-state index is 13.3. The predicted octanol–water partition coefficient (Wildman–Crippen LogP) is 4.21. The fraction of sp³-hybridized carbons (Fsp3) is 0.474. The quantitative estimate of drug-likeness (QED) is 0.806. The standard InChI is InChI=1S/C19H22FN3OS/c20-15-9-7-14(8-10-15)18-13-25-19(21-12-17-6-3-11-24-17)23(18)22-16-4-1-2-5-16/h7-10,13,17H,1-6,11-12H2/t17-/m0/s1. The number of benzene rings is 1. The Morgan fingerprint density at radius 2 is 1.96 bits per heavy atom. The van der Waals surface area contributed by atoms with Crippen LogP contribution in [0.4, 0.5) is 4.39 Å². The third kappa shape index (κ3) is 3.90. The molecule has 2 heterocycles. The Morgan fingerprint density at radius 3 is 2.68 bits per heavy atom. The maximum Gasteiger partial charge on any atom is 0.206 e. The van der Waals surface area contributed by atoms with E-state index >= 15 is 0 Å². The summed E-state index contributed by atoms with van der Waals surface area (Å²) in [5.74, 6) is -0.226. The fourth-order valence-electron chi connectivity index (χ4n) is 3.32. The molecule has 1 aromatic carbocycles. The lowest BCUT2D eigenvalue weighted by Crippen LogP contribution is -2.18. The zero-order valence-corrected chi connectivity index (χ0v) is 15.0. The minimum Gasteiger partial charge on any atom is -0.376 e. The van der Waals surface area contributed by atoms with Crippen molar-refractivity contribution in [3.8, 4) is 11.3 Å². The first-order valence-corrected chi connectivity index (χ1v) is 9.83. The molecule has 2 aromatic rings. The van der Waals surface area contributed by atoms with Gasteiger partial charge in [-0.25, -0.2) is 9.07 Å². The summed E-state index contributed by atoms with van der Waals surface area (Å²) in [5.41, 5.74) is 3.15. The summed E-state index contributed by atoms with van der Waals surface area (Å²) in [6.45, 7) is 1.52. The molecular formula is C19H22FN3OS. The third-order valence-corrected chi connectivity index (χ3v) is 5.56. The van der Waals surface area contributed by atoms with Gasteiger partial charge in [-0.1, -0.05) is 0 Å². The zero-order valence-electron chi connectivity index (χ0n) is 14.2. The number of aromatic nitrogens is 1. The number of thiazole rings is 1. The van der Waals surface area contributed by atoms with Crippen molar-refractivity contribution < 1.29 is 9.13 Å². The Morgan fingerprint density at radius 1 is 1.16 bits per heavy atom. The summed E-state index contributed by atoms with van der Waals surface area (Å²) >= 11 is 1.58. The van der Waals surface area contributed by atoms with E-state index in [9.17, 15) is 4.39 Å². The van der Waals surface area contributed by atoms with Gasteiger partial charge in [-0.2, -0.15) is 5.10 Å². The van der Waals surface area contributed by atoms with E-state index in [2.05, 4.69) is 5.38 Å². The maximum atomic E-state index is 13.3. The Hall–Kier alpha value is -1.79. The second-order valence-electron chi connectivity index (χ2n) is 6.57. The van der Waals surface area contributed by atoms with E-state index < -0.39 is 0 Å². The SMILES string of the molecule is Fc1ccc(-c2csc(=NC[C@@H]3CCCO3)n2N=C2CCCC2)cc1. The third-order valence-electron chi connectivity index (χ3n) is 4.70. The molecular weight excluding hydrogens is 337 g/mol. The average Bonchev–Trinajstić information content (AvgIpc) is 3.37. The van der Waals surface area contributed by atoms with Gasteiger partial charge in [0.1, 0.15) is 5.82 Å². The summed E-state index contributed by atoms with van der Waals surface area (Å²) in [6.07, 6.45) is 6.94. The summed E-state index contributed by atoms with van der Waals surface area (Å²) in [7, 11) is 0. The van der Waals surface area contributed by atoms with E-state index in [0.717, 1.165) is 48.3 Å². The Labute approximate surface area is 150 Å². The van der Waals surface area contributed by atoms with E-state index in [4.69, 9.17) is 14.8 Å². The molecule has 1 aliphatic carbocycles. The molecule has 0 radical (unpaired) electrons. The lowest BCUT2D eigenvalue weighted by atomic mass is 10.2. The Bertz CT molecular complexity index is 808. The molecule has 25 heavy (non-hydrogen) atoms. The number of nitrogens with zero attached hydrogens (tertiary/aromatic N) is 3. The van der Waals surface area contributed by atoms with Crippen LogP contribution in [0.2, 0.25) is 0 Å². The molecule has 0 spiro atoms. The molecule has 1 aliphatic heterocycles. The van der Waals surface area contributed by atoms with Crippen LogP contribution in [-0.4, -0.2) is 29.6 Å². The highest BCUT2D eigenvalue weighted by atomic mass is 32.1. The summed E-state index contributed by atoms with van der Waals surface area (Å²) in [6, 6.07) is 6.58. The van der Waals surface area contributed by atoms with Gasteiger partial charge in [0, 0.05) is 23.3 Å². The van der Waals surface area contributed by atoms with Crippen LogP contribution in [0, 0.1) is 5.82 Å². The van der Waals surface area contributed by atoms with Crippen LogP contribution >= 0.6 is 11.3 Å². The van der Waals surface area contributed by atoms with Crippen LogP contribution < -0.4 is 4.80 Å². The van der Waals surface area contributed by atoms with Gasteiger partial charge >= 0.3 is 0 Å². The van der Waals surface area contributed by atoms with Gasteiger partial charge in [-0.3, -0.25) is 4.99 Å². The highest BCUT2D eigenvalue weighted by molar-refractivity contribution is 7.07. The minimum absolute atomic E-state index is 0.226. The molecule has 2 fully saturated rings. The molecule has 1 atom stereocenters. The number of halogens is 1. The number of ether oxygens (including phenoxy) is 1. The summed E-state index contributed by atoms with van der Waals surface area (Å²) < 4.78 is 20.9. The summed E-state index contributed by atoms with van der Waals surface area (Å²) in [5, 5.41) is 6.93. The van der Waals surface area contributed by atoms with Crippen molar-refractivity contribution in [2.24, 2.45) is 10.1 Å². The van der Waals surface area contributed by atoms with Gasteiger partial charge in [0.05, 0.1) is 18.3 Å². The van der Waals surface area contributed by atoms with Crippen LogP contribution in [0.5, 0.6) is 0 Å². The molecule has 0 amide bonds. The second kappa shape index (κ2) is 7.62. The van der Waals surface area contributed by atoms with Crippen molar-refractivity contribution in [1.82, 2.24) is 4.68 Å². The van der Waals surface area contributed by atoms with Crippen LogP contribution in [0.1, 0.15) is 38.5 Å². The molecule has 6 heteroatoms. The van der Waals surface area contributed by atoms with Gasteiger partial charge in [0.2, 0.25) is 4.80 Å². The molecule has 4 nitrogen and oxygen atoms in total. The van der Waals surface area contributed by atoms with E-state index in [-0.39, 0.29) is 11.9 Å². The second-order valence-corrected chi connectivity index (χ2v) is 7.41. The lowest BCUT2D eigenvalue weighted by molar-refractivity contribution is 0.117. The van der Waals surface area contributed by atoms with E-state index in [0.29, 0.717) is 6.54 Å². The van der Waals surface area contributed by atoms with Gasteiger partial charge in [-0.05, 0) is 62.8 Å². The highest BCUT2D eigenvalue weighted by Gasteiger charge is 2.16. The largest absolute Gasteiger partial charge is 0.376 e. The topological polar surface area (TPSA) is 38.9 Å². The zero-order chi connectivity index (χ0) is 17.1. The number of hydrogen-bond donors (Lipinski definition) is 0. The molecule has 1 saturated heterocycles. The van der Waals surface area contributed by atoms with Crippen LogP contribution in [0.3, 0.4) is 0 Å². The molecule has 2 aliphatic rings. The Balaban J connectivity index is 1.71. The van der Waals surface area contributed by atoms with Gasteiger partial charge in [0.15, 0.2) is 0 Å². The smallest absolute Gasteiger partial charge is 0.206 e. The number of hydrogen-bond acceptors (Lipinski definition) is 4. The van der Waals surface area contributed by atoms with E-state index in [1.807, 2.05) is 4.68 Å². The van der Waals surface area contributed by atoms with Crippen LogP contribution in [0.15, 0.2) is 39.7 Å². The van der Waals surface area contributed by atoms with Gasteiger partial charge in [0.25, 0.3) is 0 Å². The van der Waals surface area contributed by atoms with E-state index in [1.54, 1.807) is 23.5 Å². The first-order valence-electron chi connectivity index (χ1n) is 8.95. The minimum atomic E-state index is -0.226. The van der Waals surface area contributed by atoms with Gasteiger partial charge in [-0.15, -0.1) is 11.3 Å².